The summed E-state index contributed by atoms with van der Waals surface area (Å²) in [6.45, 7) is 4.06. The van der Waals surface area contributed by atoms with E-state index in [0.29, 0.717) is 0 Å². The Kier molecular flexibility index (Phi) is 4.51. The van der Waals surface area contributed by atoms with Gasteiger partial charge in [-0.3, -0.25) is 4.79 Å². The van der Waals surface area contributed by atoms with Crippen LogP contribution < -0.4 is 5.32 Å². The molecule has 1 aliphatic rings. The number of aryl methyl sites for hydroxylation is 1. The Balaban J connectivity index is 1.74. The van der Waals surface area contributed by atoms with Crippen LogP contribution in [0.15, 0.2) is 42.1 Å². The van der Waals surface area contributed by atoms with Crippen molar-refractivity contribution in [1.82, 2.24) is 9.97 Å². The van der Waals surface area contributed by atoms with E-state index in [1.54, 1.807) is 12.3 Å². The molecular formula is C19H21N3O. The Morgan fingerprint density at radius 1 is 1.04 bits per heavy atom. The summed E-state index contributed by atoms with van der Waals surface area (Å²) in [6, 6.07) is 9.81. The first-order valence-corrected chi connectivity index (χ1v) is 8.03. The predicted octanol–water partition coefficient (Wildman–Crippen LogP) is 4.38. The Morgan fingerprint density at radius 3 is 2.48 bits per heavy atom. The molecule has 118 valence electrons. The lowest BCUT2D eigenvalue weighted by Gasteiger charge is -2.18. The first-order chi connectivity index (χ1) is 11.1. The molecule has 0 saturated carbocycles. The van der Waals surface area contributed by atoms with Crippen molar-refractivity contribution in [2.45, 2.75) is 39.5 Å². The third kappa shape index (κ3) is 3.65. The summed E-state index contributed by atoms with van der Waals surface area (Å²) < 4.78 is 0. The second-order valence-corrected chi connectivity index (χ2v) is 6.02. The number of benzene rings is 1. The molecule has 0 spiro atoms. The van der Waals surface area contributed by atoms with Gasteiger partial charge >= 0.3 is 0 Å². The Morgan fingerprint density at radius 2 is 1.78 bits per heavy atom. The van der Waals surface area contributed by atoms with Crippen LogP contribution in [0.3, 0.4) is 0 Å². The van der Waals surface area contributed by atoms with Crippen LogP contribution in [0, 0.1) is 6.92 Å². The smallest absolute Gasteiger partial charge is 0.293 e. The molecular weight excluding hydrogens is 286 g/mol. The maximum absolute atomic E-state index is 12.2. The van der Waals surface area contributed by atoms with E-state index in [4.69, 9.17) is 0 Å². The zero-order chi connectivity index (χ0) is 16.2. The SMILES string of the molecule is CC1=C(c2ccc(NC(=O)c3nccc(C)n3)cc2)CCCC1. The highest BCUT2D eigenvalue weighted by Gasteiger charge is 2.12. The minimum absolute atomic E-state index is 0.194. The molecule has 1 aromatic carbocycles. The van der Waals surface area contributed by atoms with Gasteiger partial charge in [0.15, 0.2) is 0 Å². The van der Waals surface area contributed by atoms with Crippen LogP contribution >= 0.6 is 0 Å². The van der Waals surface area contributed by atoms with E-state index in [-0.39, 0.29) is 11.7 Å². The number of amides is 1. The molecule has 2 aromatic rings. The van der Waals surface area contributed by atoms with Crippen molar-refractivity contribution in [2.75, 3.05) is 5.32 Å². The maximum Gasteiger partial charge on any atom is 0.293 e. The van der Waals surface area contributed by atoms with Gasteiger partial charge in [-0.1, -0.05) is 17.7 Å². The van der Waals surface area contributed by atoms with Crippen molar-refractivity contribution in [1.29, 1.82) is 0 Å². The van der Waals surface area contributed by atoms with Crippen molar-refractivity contribution in [3.05, 3.63) is 59.2 Å². The molecule has 0 atom stereocenters. The lowest BCUT2D eigenvalue weighted by Crippen LogP contribution is -2.15. The first kappa shape index (κ1) is 15.4. The second kappa shape index (κ2) is 6.73. The standard InChI is InChI=1S/C19H21N3O/c1-13-5-3-4-6-17(13)15-7-9-16(10-8-15)22-19(23)18-20-12-11-14(2)21-18/h7-12H,3-6H2,1-2H3,(H,22,23). The molecule has 1 heterocycles. The normalized spacial score (nSPS) is 14.7. The Bertz CT molecular complexity index is 747. The second-order valence-electron chi connectivity index (χ2n) is 6.02. The molecule has 0 radical (unpaired) electrons. The quantitative estimate of drug-likeness (QED) is 0.915. The molecule has 4 heteroatoms. The van der Waals surface area contributed by atoms with Gasteiger partial charge in [-0.25, -0.2) is 9.97 Å². The average molecular weight is 307 g/mol. The van der Waals surface area contributed by atoms with Gasteiger partial charge in [0, 0.05) is 17.6 Å². The highest BCUT2D eigenvalue weighted by molar-refractivity contribution is 6.01. The van der Waals surface area contributed by atoms with Gasteiger partial charge in [-0.15, -0.1) is 0 Å². The molecule has 1 aliphatic carbocycles. The summed E-state index contributed by atoms with van der Waals surface area (Å²) in [4.78, 5) is 20.3. The zero-order valence-corrected chi connectivity index (χ0v) is 13.6. The van der Waals surface area contributed by atoms with Crippen molar-refractivity contribution < 1.29 is 4.79 Å². The predicted molar refractivity (Wildman–Crippen MR) is 92.2 cm³/mol. The maximum atomic E-state index is 12.2. The van der Waals surface area contributed by atoms with Crippen LogP contribution in [0.4, 0.5) is 5.69 Å². The molecule has 1 N–H and O–H groups in total. The van der Waals surface area contributed by atoms with E-state index < -0.39 is 0 Å². The molecule has 0 fully saturated rings. The summed E-state index contributed by atoms with van der Waals surface area (Å²) >= 11 is 0. The average Bonchev–Trinajstić information content (AvgIpc) is 2.56. The van der Waals surface area contributed by atoms with Crippen molar-refractivity contribution in [3.8, 4) is 0 Å². The van der Waals surface area contributed by atoms with E-state index in [0.717, 1.165) is 17.8 Å². The van der Waals surface area contributed by atoms with Crippen LogP contribution in [-0.2, 0) is 0 Å². The number of hydrogen-bond acceptors (Lipinski definition) is 3. The van der Waals surface area contributed by atoms with Gasteiger partial charge in [-0.2, -0.15) is 0 Å². The molecule has 1 aromatic heterocycles. The number of rotatable bonds is 3. The summed E-state index contributed by atoms with van der Waals surface area (Å²) in [5.74, 6) is -0.0885. The van der Waals surface area contributed by atoms with Crippen molar-refractivity contribution in [3.63, 3.8) is 0 Å². The molecule has 1 amide bonds. The van der Waals surface area contributed by atoms with Gasteiger partial charge in [0.1, 0.15) is 0 Å². The highest BCUT2D eigenvalue weighted by atomic mass is 16.2. The Hall–Kier alpha value is -2.49. The van der Waals surface area contributed by atoms with Crippen LogP contribution in [-0.4, -0.2) is 15.9 Å². The van der Waals surface area contributed by atoms with E-state index in [1.165, 1.54) is 36.0 Å². The summed E-state index contributed by atoms with van der Waals surface area (Å²) in [7, 11) is 0. The number of aromatic nitrogens is 2. The topological polar surface area (TPSA) is 54.9 Å². The van der Waals surface area contributed by atoms with Gasteiger partial charge in [0.25, 0.3) is 5.91 Å². The lowest BCUT2D eigenvalue weighted by atomic mass is 9.88. The Labute approximate surface area is 136 Å². The number of nitrogens with one attached hydrogen (secondary N) is 1. The van der Waals surface area contributed by atoms with Crippen LogP contribution in [0.2, 0.25) is 0 Å². The minimum atomic E-state index is -0.283. The van der Waals surface area contributed by atoms with Crippen LogP contribution in [0.25, 0.3) is 5.57 Å². The first-order valence-electron chi connectivity index (χ1n) is 8.03. The molecule has 0 bridgehead atoms. The number of allylic oxidation sites excluding steroid dienone is 2. The summed E-state index contributed by atoms with van der Waals surface area (Å²) in [5, 5.41) is 2.85. The van der Waals surface area contributed by atoms with E-state index in [9.17, 15) is 4.79 Å². The summed E-state index contributed by atoms with van der Waals surface area (Å²) in [5.41, 5.74) is 5.74. The third-order valence-electron chi connectivity index (χ3n) is 4.23. The van der Waals surface area contributed by atoms with E-state index in [2.05, 4.69) is 34.3 Å². The van der Waals surface area contributed by atoms with Gasteiger partial charge in [0.2, 0.25) is 5.82 Å². The number of anilines is 1. The highest BCUT2D eigenvalue weighted by Crippen LogP contribution is 2.32. The number of hydrogen-bond donors (Lipinski definition) is 1. The van der Waals surface area contributed by atoms with Gasteiger partial charge < -0.3 is 5.32 Å². The fourth-order valence-corrected chi connectivity index (χ4v) is 2.95. The van der Waals surface area contributed by atoms with Crippen LogP contribution in [0.1, 0.15) is 54.5 Å². The van der Waals surface area contributed by atoms with E-state index in [1.807, 2.05) is 19.1 Å². The molecule has 0 saturated heterocycles. The van der Waals surface area contributed by atoms with Crippen molar-refractivity contribution in [2.24, 2.45) is 0 Å². The number of carbonyl (C=O) groups is 1. The number of nitrogens with zero attached hydrogens (tertiary/aromatic N) is 2. The largest absolute Gasteiger partial charge is 0.319 e. The van der Waals surface area contributed by atoms with Gasteiger partial charge in [0.05, 0.1) is 0 Å². The lowest BCUT2D eigenvalue weighted by molar-refractivity contribution is 0.101. The van der Waals surface area contributed by atoms with Crippen molar-refractivity contribution >= 4 is 17.2 Å². The molecule has 3 rings (SSSR count). The minimum Gasteiger partial charge on any atom is -0.319 e. The number of carbonyl (C=O) groups excluding carboxylic acids is 1. The fourth-order valence-electron chi connectivity index (χ4n) is 2.95. The van der Waals surface area contributed by atoms with Gasteiger partial charge in [-0.05, 0) is 68.9 Å². The summed E-state index contributed by atoms with van der Waals surface area (Å²) in [6.07, 6.45) is 6.49. The molecule has 0 aliphatic heterocycles. The fraction of sp³-hybridized carbons (Fsp3) is 0.316. The zero-order valence-electron chi connectivity index (χ0n) is 13.6. The molecule has 23 heavy (non-hydrogen) atoms. The third-order valence-corrected chi connectivity index (χ3v) is 4.23. The molecule has 4 nitrogen and oxygen atoms in total. The van der Waals surface area contributed by atoms with Crippen LogP contribution in [0.5, 0.6) is 0 Å². The monoisotopic (exact) mass is 307 g/mol. The molecule has 0 unspecified atom stereocenters. The van der Waals surface area contributed by atoms with E-state index >= 15 is 0 Å².